The molecule has 1 aromatic carbocycles. The Labute approximate surface area is 162 Å². The zero-order valence-electron chi connectivity index (χ0n) is 16.9. The first kappa shape index (κ1) is 19.4. The number of carbonyl (C=O) groups is 1. The summed E-state index contributed by atoms with van der Waals surface area (Å²) >= 11 is 0. The van der Waals surface area contributed by atoms with Crippen molar-refractivity contribution in [1.82, 2.24) is 24.9 Å². The number of carbonyl (C=O) groups excluding carboxylic acids is 1. The third kappa shape index (κ3) is 5.10. The number of urea groups is 1. The van der Waals surface area contributed by atoms with Crippen molar-refractivity contribution < 1.29 is 4.79 Å². The van der Waals surface area contributed by atoms with Crippen LogP contribution < -0.4 is 5.32 Å². The number of nitrogens with one attached hydrogen (secondary N) is 1. The molecule has 0 bridgehead atoms. The van der Waals surface area contributed by atoms with Gasteiger partial charge in [-0.1, -0.05) is 18.2 Å². The molecule has 6 heteroatoms. The zero-order valence-corrected chi connectivity index (χ0v) is 16.9. The topological polar surface area (TPSA) is 53.4 Å². The first-order valence-corrected chi connectivity index (χ1v) is 9.69. The predicted molar refractivity (Wildman–Crippen MR) is 108 cm³/mol. The molecule has 0 unspecified atom stereocenters. The highest BCUT2D eigenvalue weighted by molar-refractivity contribution is 5.74. The Morgan fingerprint density at radius 3 is 2.67 bits per heavy atom. The summed E-state index contributed by atoms with van der Waals surface area (Å²) in [5.74, 6) is 0. The Morgan fingerprint density at radius 2 is 1.96 bits per heavy atom. The van der Waals surface area contributed by atoms with Crippen molar-refractivity contribution >= 4 is 6.03 Å². The smallest absolute Gasteiger partial charge is 0.317 e. The van der Waals surface area contributed by atoms with Gasteiger partial charge < -0.3 is 15.1 Å². The van der Waals surface area contributed by atoms with Gasteiger partial charge in [0.1, 0.15) is 0 Å². The van der Waals surface area contributed by atoms with Crippen LogP contribution in [0.4, 0.5) is 4.79 Å². The molecule has 1 saturated heterocycles. The summed E-state index contributed by atoms with van der Waals surface area (Å²) in [4.78, 5) is 16.8. The molecule has 1 N–H and O–H groups in total. The van der Waals surface area contributed by atoms with Crippen molar-refractivity contribution in [3.63, 3.8) is 0 Å². The minimum Gasteiger partial charge on any atom is -0.332 e. The van der Waals surface area contributed by atoms with Gasteiger partial charge in [-0.15, -0.1) is 0 Å². The molecule has 3 rings (SSSR count). The van der Waals surface area contributed by atoms with E-state index >= 15 is 0 Å². The van der Waals surface area contributed by atoms with Gasteiger partial charge in [-0.3, -0.25) is 0 Å². The monoisotopic (exact) mass is 369 g/mol. The number of para-hydroxylation sites is 1. The molecule has 0 atom stereocenters. The van der Waals surface area contributed by atoms with Crippen LogP contribution in [0.15, 0.2) is 36.7 Å². The first-order valence-electron chi connectivity index (χ1n) is 9.69. The average molecular weight is 370 g/mol. The van der Waals surface area contributed by atoms with Gasteiger partial charge in [0.2, 0.25) is 0 Å². The second-order valence-electron chi connectivity index (χ2n) is 8.23. The largest absolute Gasteiger partial charge is 0.332 e. The van der Waals surface area contributed by atoms with Gasteiger partial charge in [0, 0.05) is 30.9 Å². The van der Waals surface area contributed by atoms with Crippen molar-refractivity contribution in [3.8, 4) is 5.69 Å². The van der Waals surface area contributed by atoms with Crippen LogP contribution >= 0.6 is 0 Å². The lowest BCUT2D eigenvalue weighted by Crippen LogP contribution is -2.54. The van der Waals surface area contributed by atoms with Gasteiger partial charge in [0.05, 0.1) is 18.4 Å². The molecule has 146 valence electrons. The Morgan fingerprint density at radius 1 is 1.26 bits per heavy atom. The quantitative estimate of drug-likeness (QED) is 0.851. The number of rotatable bonds is 6. The number of likely N-dealkylation sites (tertiary alicyclic amines) is 1. The number of hydrogen-bond acceptors (Lipinski definition) is 3. The van der Waals surface area contributed by atoms with Gasteiger partial charge in [0.15, 0.2) is 0 Å². The van der Waals surface area contributed by atoms with E-state index in [1.54, 1.807) is 4.90 Å². The van der Waals surface area contributed by atoms with E-state index in [9.17, 15) is 4.79 Å². The first-order chi connectivity index (χ1) is 12.8. The Kier molecular flexibility index (Phi) is 5.85. The summed E-state index contributed by atoms with van der Waals surface area (Å²) in [5.41, 5.74) is 2.99. The minimum atomic E-state index is -0.249. The van der Waals surface area contributed by atoms with E-state index in [2.05, 4.69) is 42.2 Å². The molecule has 2 aromatic rings. The highest BCUT2D eigenvalue weighted by atomic mass is 16.2. The van der Waals surface area contributed by atoms with Gasteiger partial charge in [-0.25, -0.2) is 9.48 Å². The molecule has 1 aromatic heterocycles. The van der Waals surface area contributed by atoms with Crippen LogP contribution in [0.5, 0.6) is 0 Å². The van der Waals surface area contributed by atoms with Crippen LogP contribution in [0.3, 0.4) is 0 Å². The van der Waals surface area contributed by atoms with Crippen LogP contribution in [0, 0.1) is 6.92 Å². The van der Waals surface area contributed by atoms with Gasteiger partial charge >= 0.3 is 6.03 Å². The van der Waals surface area contributed by atoms with Crippen molar-refractivity contribution in [3.05, 3.63) is 47.8 Å². The lowest BCUT2D eigenvalue weighted by Gasteiger charge is -2.32. The van der Waals surface area contributed by atoms with Crippen molar-refractivity contribution in [2.75, 3.05) is 26.7 Å². The summed E-state index contributed by atoms with van der Waals surface area (Å²) in [6, 6.07) is 8.09. The summed E-state index contributed by atoms with van der Waals surface area (Å²) in [5, 5.41) is 7.62. The van der Waals surface area contributed by atoms with Crippen LogP contribution in [-0.2, 0) is 6.54 Å². The fourth-order valence-corrected chi connectivity index (χ4v) is 3.66. The van der Waals surface area contributed by atoms with Crippen LogP contribution in [0.2, 0.25) is 0 Å². The molecule has 1 fully saturated rings. The maximum absolute atomic E-state index is 12.6. The van der Waals surface area contributed by atoms with Crippen molar-refractivity contribution in [2.24, 2.45) is 0 Å². The second kappa shape index (κ2) is 8.13. The van der Waals surface area contributed by atoms with Crippen LogP contribution in [0.1, 0.15) is 37.8 Å². The highest BCUT2D eigenvalue weighted by Gasteiger charge is 2.26. The minimum absolute atomic E-state index is 0.0529. The van der Waals surface area contributed by atoms with E-state index in [0.717, 1.165) is 30.9 Å². The van der Waals surface area contributed by atoms with Crippen LogP contribution in [-0.4, -0.2) is 57.8 Å². The maximum Gasteiger partial charge on any atom is 0.317 e. The van der Waals surface area contributed by atoms with E-state index in [4.69, 9.17) is 0 Å². The molecule has 27 heavy (non-hydrogen) atoms. The number of benzene rings is 1. The molecule has 0 aliphatic carbocycles. The van der Waals surface area contributed by atoms with Gasteiger partial charge in [-0.2, -0.15) is 5.10 Å². The highest BCUT2D eigenvalue weighted by Crippen LogP contribution is 2.15. The fraction of sp³-hybridized carbons (Fsp3) is 0.524. The van der Waals surface area contributed by atoms with E-state index < -0.39 is 0 Å². The molecule has 6 nitrogen and oxygen atoms in total. The van der Waals surface area contributed by atoms with Gasteiger partial charge in [0.25, 0.3) is 0 Å². The van der Waals surface area contributed by atoms with E-state index in [1.807, 2.05) is 42.3 Å². The molecule has 0 spiro atoms. The molecule has 0 radical (unpaired) electrons. The molecule has 2 amide bonds. The number of hydrogen-bond donors (Lipinski definition) is 1. The fourth-order valence-electron chi connectivity index (χ4n) is 3.66. The second-order valence-corrected chi connectivity index (χ2v) is 8.23. The lowest BCUT2D eigenvalue weighted by molar-refractivity contribution is 0.181. The number of aromatic nitrogens is 2. The summed E-state index contributed by atoms with van der Waals surface area (Å²) in [7, 11) is 1.83. The summed E-state index contributed by atoms with van der Waals surface area (Å²) < 4.78 is 1.87. The van der Waals surface area contributed by atoms with Gasteiger partial charge in [-0.05, 0) is 58.3 Å². The van der Waals surface area contributed by atoms with Crippen molar-refractivity contribution in [1.29, 1.82) is 0 Å². The lowest BCUT2D eigenvalue weighted by atomic mass is 10.1. The number of nitrogens with zero attached hydrogens (tertiary/aromatic N) is 4. The summed E-state index contributed by atoms with van der Waals surface area (Å²) in [6.07, 6.45) is 6.33. The molecular weight excluding hydrogens is 338 g/mol. The maximum atomic E-state index is 12.6. The predicted octanol–water partition coefficient (Wildman–Crippen LogP) is 3.20. The molecule has 1 aliphatic heterocycles. The Hall–Kier alpha value is -2.34. The molecule has 1 aliphatic rings. The van der Waals surface area contributed by atoms with E-state index in [-0.39, 0.29) is 11.6 Å². The average Bonchev–Trinajstić information content (AvgIpc) is 3.26. The van der Waals surface area contributed by atoms with E-state index in [0.29, 0.717) is 6.54 Å². The summed E-state index contributed by atoms with van der Waals surface area (Å²) in [6.45, 7) is 9.93. The number of aryl methyl sites for hydroxylation is 1. The SMILES string of the molecule is Cc1ccccc1-n1cc(CN(C)C(=O)NC(C)(C)CN2CCCC2)cn1. The molecule has 2 heterocycles. The Bertz CT molecular complexity index is 776. The molecule has 0 saturated carbocycles. The standard InChI is InChI=1S/C21H31N5O/c1-17-9-5-6-10-19(17)26-15-18(13-22-26)14-24(4)20(27)23-21(2,3)16-25-11-7-8-12-25/h5-6,9-10,13,15H,7-8,11-12,14,16H2,1-4H3,(H,23,27). The zero-order chi connectivity index (χ0) is 19.4. The van der Waals surface area contributed by atoms with Crippen LogP contribution in [0.25, 0.3) is 5.69 Å². The third-order valence-electron chi connectivity index (χ3n) is 5.03. The van der Waals surface area contributed by atoms with Crippen molar-refractivity contribution in [2.45, 2.75) is 45.7 Å². The third-order valence-corrected chi connectivity index (χ3v) is 5.03. The normalized spacial score (nSPS) is 15.1. The van der Waals surface area contributed by atoms with E-state index in [1.165, 1.54) is 18.4 Å². The molecular formula is C21H31N5O. The number of amides is 2. The Balaban J connectivity index is 1.57.